The van der Waals surface area contributed by atoms with Crippen LogP contribution in [-0.4, -0.2) is 25.8 Å². The van der Waals surface area contributed by atoms with Crippen molar-refractivity contribution in [1.29, 1.82) is 0 Å². The number of hydrogen-bond donors (Lipinski definition) is 0. The molecule has 0 unspecified atom stereocenters. The Hall–Kier alpha value is 1.05. The summed E-state index contributed by atoms with van der Waals surface area (Å²) >= 11 is 8.39. The van der Waals surface area contributed by atoms with E-state index in [0.29, 0.717) is 0 Å². The minimum atomic E-state index is -2.51. The second-order valence-electron chi connectivity index (χ2n) is 2.40. The Bertz CT molecular complexity index is 303. The van der Waals surface area contributed by atoms with Crippen molar-refractivity contribution in [2.75, 3.05) is 14.2 Å². The van der Waals surface area contributed by atoms with E-state index >= 15 is 0 Å². The number of hydrogen-bond acceptors (Lipinski definition) is 2. The monoisotopic (exact) mass is 504 g/mol. The fourth-order valence-corrected chi connectivity index (χ4v) is 9.63. The Kier molecular flexibility index (Phi) is 5.06. The van der Waals surface area contributed by atoms with Crippen molar-refractivity contribution < 1.29 is 9.47 Å². The molecule has 1 aromatic rings. The van der Waals surface area contributed by atoms with E-state index < -0.39 is 11.6 Å². The van der Waals surface area contributed by atoms with Crippen LogP contribution in [0.5, 0.6) is 11.5 Å². The van der Waals surface area contributed by atoms with Gasteiger partial charge in [-0.25, -0.2) is 0 Å². The Morgan fingerprint density at radius 1 is 1.00 bits per heavy atom. The molecule has 1 aromatic carbocycles. The summed E-state index contributed by atoms with van der Waals surface area (Å²) in [5, 5.41) is 0. The van der Waals surface area contributed by atoms with Crippen molar-refractivity contribution in [3.05, 3.63) is 18.2 Å². The van der Waals surface area contributed by atoms with E-state index in [1.54, 1.807) is 14.2 Å². The first-order valence-corrected chi connectivity index (χ1v) is 20.5. The van der Waals surface area contributed by atoms with Gasteiger partial charge >= 0.3 is 107 Å². The van der Waals surface area contributed by atoms with E-state index in [-0.39, 0.29) is 0 Å². The van der Waals surface area contributed by atoms with E-state index in [4.69, 9.17) is 9.47 Å². The van der Waals surface area contributed by atoms with Crippen LogP contribution >= 0.6 is 38.3 Å². The maximum absolute atomic E-state index is 5.29. The van der Waals surface area contributed by atoms with Crippen molar-refractivity contribution in [1.82, 2.24) is 0 Å². The molecule has 0 N–H and O–H groups in total. The predicted octanol–water partition coefficient (Wildman–Crippen LogP) is 3.03. The maximum atomic E-state index is 5.29. The SMILES string of the molecule is COc1cccc(OC)c1[Te](Br)(Br)Br. The number of methoxy groups -OCH3 is 2. The van der Waals surface area contributed by atoms with Crippen molar-refractivity contribution in [2.24, 2.45) is 0 Å². The molecule has 0 amide bonds. The Labute approximate surface area is 106 Å². The van der Waals surface area contributed by atoms with Gasteiger partial charge in [0.1, 0.15) is 0 Å². The van der Waals surface area contributed by atoms with Gasteiger partial charge in [0.05, 0.1) is 0 Å². The quantitative estimate of drug-likeness (QED) is 0.590. The molecule has 0 aromatic heterocycles. The Balaban J connectivity index is 3.34. The molecule has 0 bridgehead atoms. The molecule has 2 nitrogen and oxygen atoms in total. The standard InChI is InChI=1S/C8H9Br3O2Te/c1-12-6-4-3-5-7(13-2)8(6)14(9,10)11/h3-5H,1-2H3. The molecular weight excluding hydrogens is 495 g/mol. The van der Waals surface area contributed by atoms with Crippen LogP contribution in [0.25, 0.3) is 0 Å². The van der Waals surface area contributed by atoms with Gasteiger partial charge < -0.3 is 0 Å². The summed E-state index contributed by atoms with van der Waals surface area (Å²) in [6.07, 6.45) is 0. The molecule has 0 saturated carbocycles. The molecule has 6 heteroatoms. The molecule has 0 atom stereocenters. The van der Waals surface area contributed by atoms with Crippen LogP contribution in [0.2, 0.25) is 0 Å². The molecule has 0 spiro atoms. The van der Waals surface area contributed by atoms with Gasteiger partial charge in [-0.2, -0.15) is 0 Å². The topological polar surface area (TPSA) is 18.5 Å². The first kappa shape index (κ1) is 13.1. The van der Waals surface area contributed by atoms with E-state index in [1.165, 1.54) is 0 Å². The Morgan fingerprint density at radius 3 is 1.71 bits per heavy atom. The average molecular weight is 504 g/mol. The summed E-state index contributed by atoms with van der Waals surface area (Å²) in [5.41, 5.74) is 0. The van der Waals surface area contributed by atoms with Gasteiger partial charge in [-0.1, -0.05) is 0 Å². The number of halogens is 3. The minimum absolute atomic E-state index is 0.830. The van der Waals surface area contributed by atoms with Crippen LogP contribution in [0.4, 0.5) is 0 Å². The number of ether oxygens (including phenoxy) is 2. The summed E-state index contributed by atoms with van der Waals surface area (Å²) in [6, 6.07) is 5.74. The molecular formula is C8H9Br3O2Te. The first-order chi connectivity index (χ1) is 6.50. The second-order valence-corrected chi connectivity index (χ2v) is 42.9. The Morgan fingerprint density at radius 2 is 1.43 bits per heavy atom. The molecule has 0 fully saturated rings. The molecule has 0 heterocycles. The molecule has 0 saturated heterocycles. The second kappa shape index (κ2) is 5.40. The molecule has 0 aliphatic heterocycles. The summed E-state index contributed by atoms with van der Waals surface area (Å²) in [5.74, 6) is 1.66. The van der Waals surface area contributed by atoms with E-state index in [9.17, 15) is 0 Å². The van der Waals surface area contributed by atoms with Gasteiger partial charge in [0.2, 0.25) is 0 Å². The number of rotatable bonds is 3. The van der Waals surface area contributed by atoms with Crippen LogP contribution in [0, 0.1) is 0 Å². The van der Waals surface area contributed by atoms with Crippen LogP contribution in [0.15, 0.2) is 18.2 Å². The molecule has 80 valence electrons. The van der Waals surface area contributed by atoms with Crippen molar-refractivity contribution >= 4 is 53.4 Å². The summed E-state index contributed by atoms with van der Waals surface area (Å²) in [7, 11) is 3.30. The first-order valence-electron chi connectivity index (χ1n) is 3.64. The van der Waals surface area contributed by atoms with Crippen LogP contribution in [0.1, 0.15) is 0 Å². The van der Waals surface area contributed by atoms with Crippen LogP contribution < -0.4 is 13.1 Å². The molecule has 0 aliphatic carbocycles. The fourth-order valence-electron chi connectivity index (χ4n) is 1.05. The summed E-state index contributed by atoms with van der Waals surface area (Å²) in [6.45, 7) is 0. The van der Waals surface area contributed by atoms with Crippen molar-refractivity contribution in [2.45, 2.75) is 0 Å². The zero-order valence-corrected chi connectivity index (χ0v) is 14.7. The van der Waals surface area contributed by atoms with Gasteiger partial charge in [-0.15, -0.1) is 0 Å². The van der Waals surface area contributed by atoms with Gasteiger partial charge in [0.25, 0.3) is 0 Å². The third-order valence-corrected chi connectivity index (χ3v) is 10.6. The zero-order valence-electron chi connectivity index (χ0n) is 7.59. The molecule has 0 radical (unpaired) electrons. The molecule has 1 rings (SSSR count). The normalized spacial score (nSPS) is 12.4. The van der Waals surface area contributed by atoms with Crippen molar-refractivity contribution in [3.63, 3.8) is 0 Å². The average Bonchev–Trinajstić information content (AvgIpc) is 2.15. The number of benzene rings is 1. The fraction of sp³-hybridized carbons (Fsp3) is 0.250. The van der Waals surface area contributed by atoms with Gasteiger partial charge in [-0.3, -0.25) is 0 Å². The van der Waals surface area contributed by atoms with Crippen LogP contribution in [-0.2, 0) is 0 Å². The summed E-state index contributed by atoms with van der Waals surface area (Å²) in [4.78, 5) is 0. The predicted molar refractivity (Wildman–Crippen MR) is 71.7 cm³/mol. The summed E-state index contributed by atoms with van der Waals surface area (Å²) < 4.78 is 11.6. The van der Waals surface area contributed by atoms with E-state index in [0.717, 1.165) is 15.1 Å². The zero-order chi connectivity index (χ0) is 10.8. The van der Waals surface area contributed by atoms with Crippen LogP contribution in [0.3, 0.4) is 0 Å². The van der Waals surface area contributed by atoms with Gasteiger partial charge in [-0.05, 0) is 0 Å². The van der Waals surface area contributed by atoms with Crippen molar-refractivity contribution in [3.8, 4) is 11.5 Å². The third-order valence-electron chi connectivity index (χ3n) is 1.61. The van der Waals surface area contributed by atoms with E-state index in [2.05, 4.69) is 38.3 Å². The van der Waals surface area contributed by atoms with E-state index in [1.807, 2.05) is 18.2 Å². The molecule has 14 heavy (non-hydrogen) atoms. The van der Waals surface area contributed by atoms with Gasteiger partial charge in [0, 0.05) is 0 Å². The van der Waals surface area contributed by atoms with Gasteiger partial charge in [0.15, 0.2) is 0 Å². The molecule has 0 aliphatic rings. The third kappa shape index (κ3) is 3.02.